The average molecular weight is 251 g/mol. The van der Waals surface area contributed by atoms with Crippen molar-refractivity contribution < 1.29 is 9.90 Å². The largest absolute Gasteiger partial charge is 0.477 e. The molecule has 17 heavy (non-hydrogen) atoms. The lowest BCUT2D eigenvalue weighted by Crippen LogP contribution is -2.29. The molecule has 1 aromatic rings. The van der Waals surface area contributed by atoms with Crippen LogP contribution in [0, 0.1) is 6.92 Å². The van der Waals surface area contributed by atoms with Crippen molar-refractivity contribution in [1.82, 2.24) is 5.32 Å². The monoisotopic (exact) mass is 251 g/mol. The first-order chi connectivity index (χ1) is 8.16. The van der Waals surface area contributed by atoms with E-state index in [9.17, 15) is 4.79 Å². The van der Waals surface area contributed by atoms with E-state index in [4.69, 9.17) is 5.11 Å². The molecule has 1 aliphatic carbocycles. The molecule has 1 atom stereocenters. The third kappa shape index (κ3) is 3.17. The molecule has 1 aromatic heterocycles. The fraction of sp³-hybridized carbons (Fsp3) is 0.462. The lowest BCUT2D eigenvalue weighted by molar-refractivity contribution is 0.0702. The van der Waals surface area contributed by atoms with Crippen molar-refractivity contribution in [2.75, 3.05) is 0 Å². The Hall–Kier alpha value is -1.13. The highest BCUT2D eigenvalue weighted by molar-refractivity contribution is 7.14. The molecule has 0 bridgehead atoms. The molecule has 0 fully saturated rings. The standard InChI is InChI=1S/C13H17NO2S/c1-9-10(7-12(17-9)13(15)16)8-14-11-5-3-2-4-6-11/h2-3,7,11,14H,4-6,8H2,1H3,(H,15,16). The zero-order valence-corrected chi connectivity index (χ0v) is 10.7. The van der Waals surface area contributed by atoms with Gasteiger partial charge in [-0.3, -0.25) is 0 Å². The number of aryl methyl sites for hydroxylation is 1. The normalized spacial score (nSPS) is 19.5. The summed E-state index contributed by atoms with van der Waals surface area (Å²) in [5.74, 6) is -0.829. The predicted molar refractivity (Wildman–Crippen MR) is 69.6 cm³/mol. The van der Waals surface area contributed by atoms with E-state index in [-0.39, 0.29) is 0 Å². The summed E-state index contributed by atoms with van der Waals surface area (Å²) in [4.78, 5) is 12.4. The van der Waals surface area contributed by atoms with E-state index in [1.165, 1.54) is 17.8 Å². The Balaban J connectivity index is 1.94. The molecule has 1 aliphatic rings. The van der Waals surface area contributed by atoms with Gasteiger partial charge in [0.05, 0.1) is 0 Å². The lowest BCUT2D eigenvalue weighted by Gasteiger charge is -2.19. The summed E-state index contributed by atoms with van der Waals surface area (Å²) in [5, 5.41) is 12.4. The number of nitrogens with one attached hydrogen (secondary N) is 1. The van der Waals surface area contributed by atoms with Gasteiger partial charge >= 0.3 is 5.97 Å². The number of carboxylic acid groups (broad SMARTS) is 1. The molecule has 0 aromatic carbocycles. The lowest BCUT2D eigenvalue weighted by atomic mass is 10.0. The second kappa shape index (κ2) is 5.47. The van der Waals surface area contributed by atoms with Gasteiger partial charge in [-0.25, -0.2) is 4.79 Å². The highest BCUT2D eigenvalue weighted by atomic mass is 32.1. The van der Waals surface area contributed by atoms with E-state index >= 15 is 0 Å². The molecule has 0 aliphatic heterocycles. The van der Waals surface area contributed by atoms with Crippen LogP contribution in [-0.2, 0) is 6.54 Å². The highest BCUT2D eigenvalue weighted by Gasteiger charge is 2.13. The molecule has 0 amide bonds. The van der Waals surface area contributed by atoms with Crippen LogP contribution in [0.2, 0.25) is 0 Å². The minimum atomic E-state index is -0.829. The summed E-state index contributed by atoms with van der Waals surface area (Å²) in [6.07, 6.45) is 7.82. The van der Waals surface area contributed by atoms with Crippen LogP contribution >= 0.6 is 11.3 Å². The topological polar surface area (TPSA) is 49.3 Å². The summed E-state index contributed by atoms with van der Waals surface area (Å²) in [6.45, 7) is 2.75. The first kappa shape index (κ1) is 12.3. The van der Waals surface area contributed by atoms with Crippen LogP contribution < -0.4 is 5.32 Å². The van der Waals surface area contributed by atoms with Crippen molar-refractivity contribution in [1.29, 1.82) is 0 Å². The smallest absolute Gasteiger partial charge is 0.345 e. The van der Waals surface area contributed by atoms with Crippen LogP contribution in [0.3, 0.4) is 0 Å². The van der Waals surface area contributed by atoms with E-state index in [1.54, 1.807) is 6.07 Å². The zero-order valence-electron chi connectivity index (χ0n) is 9.90. The maximum atomic E-state index is 10.9. The van der Waals surface area contributed by atoms with Crippen molar-refractivity contribution in [2.45, 2.75) is 38.8 Å². The van der Waals surface area contributed by atoms with Crippen molar-refractivity contribution in [3.8, 4) is 0 Å². The van der Waals surface area contributed by atoms with Gasteiger partial charge in [0.25, 0.3) is 0 Å². The van der Waals surface area contributed by atoms with E-state index < -0.39 is 5.97 Å². The van der Waals surface area contributed by atoms with Gasteiger partial charge in [-0.2, -0.15) is 0 Å². The van der Waals surface area contributed by atoms with Crippen LogP contribution in [0.1, 0.15) is 39.4 Å². The molecular weight excluding hydrogens is 234 g/mol. The molecule has 0 saturated heterocycles. The van der Waals surface area contributed by atoms with E-state index in [0.717, 1.165) is 29.8 Å². The van der Waals surface area contributed by atoms with E-state index in [1.807, 2.05) is 6.92 Å². The van der Waals surface area contributed by atoms with Crippen LogP contribution in [0.4, 0.5) is 0 Å². The van der Waals surface area contributed by atoms with Crippen LogP contribution in [-0.4, -0.2) is 17.1 Å². The molecule has 3 nitrogen and oxygen atoms in total. The molecule has 2 N–H and O–H groups in total. The Bertz CT molecular complexity index is 437. The maximum Gasteiger partial charge on any atom is 0.345 e. The Morgan fingerprint density at radius 2 is 2.41 bits per heavy atom. The van der Waals surface area contributed by atoms with Crippen LogP contribution in [0.15, 0.2) is 18.2 Å². The molecule has 1 unspecified atom stereocenters. The number of carbonyl (C=O) groups is 1. The third-order valence-electron chi connectivity index (χ3n) is 3.08. The minimum absolute atomic E-state index is 0.433. The van der Waals surface area contributed by atoms with E-state index in [2.05, 4.69) is 17.5 Å². The minimum Gasteiger partial charge on any atom is -0.477 e. The van der Waals surface area contributed by atoms with Crippen molar-refractivity contribution in [3.05, 3.63) is 33.5 Å². The molecule has 0 spiro atoms. The second-order valence-corrected chi connectivity index (χ2v) is 5.62. The van der Waals surface area contributed by atoms with Gasteiger partial charge in [-0.1, -0.05) is 12.2 Å². The summed E-state index contributed by atoms with van der Waals surface area (Å²) in [5.41, 5.74) is 1.11. The van der Waals surface area contributed by atoms with Crippen molar-refractivity contribution in [2.24, 2.45) is 0 Å². The first-order valence-corrected chi connectivity index (χ1v) is 6.69. The Labute approximate surface area is 105 Å². The Morgan fingerprint density at radius 3 is 3.00 bits per heavy atom. The van der Waals surface area contributed by atoms with Gasteiger partial charge in [0.15, 0.2) is 0 Å². The SMILES string of the molecule is Cc1sc(C(=O)O)cc1CNC1CC=CCC1. The van der Waals surface area contributed by atoms with Crippen molar-refractivity contribution in [3.63, 3.8) is 0 Å². The quantitative estimate of drug-likeness (QED) is 0.809. The number of hydrogen-bond donors (Lipinski definition) is 2. The number of thiophene rings is 1. The Kier molecular flexibility index (Phi) is 3.97. The summed E-state index contributed by atoms with van der Waals surface area (Å²) in [6, 6.07) is 2.32. The van der Waals surface area contributed by atoms with Gasteiger partial charge < -0.3 is 10.4 Å². The molecule has 2 rings (SSSR count). The zero-order chi connectivity index (χ0) is 12.3. The number of rotatable bonds is 4. The Morgan fingerprint density at radius 1 is 1.59 bits per heavy atom. The van der Waals surface area contributed by atoms with E-state index in [0.29, 0.717) is 10.9 Å². The molecule has 0 saturated carbocycles. The van der Waals surface area contributed by atoms with Gasteiger partial charge in [-0.15, -0.1) is 11.3 Å². The maximum absolute atomic E-state index is 10.9. The first-order valence-electron chi connectivity index (χ1n) is 5.88. The molecule has 4 heteroatoms. The fourth-order valence-corrected chi connectivity index (χ4v) is 2.91. The van der Waals surface area contributed by atoms with Gasteiger partial charge in [0, 0.05) is 17.5 Å². The van der Waals surface area contributed by atoms with Crippen molar-refractivity contribution >= 4 is 17.3 Å². The summed E-state index contributed by atoms with van der Waals surface area (Å²) < 4.78 is 0. The third-order valence-corrected chi connectivity index (χ3v) is 4.16. The van der Waals surface area contributed by atoms with Crippen LogP contribution in [0.5, 0.6) is 0 Å². The summed E-state index contributed by atoms with van der Waals surface area (Å²) in [7, 11) is 0. The molecule has 92 valence electrons. The number of hydrogen-bond acceptors (Lipinski definition) is 3. The highest BCUT2D eigenvalue weighted by Crippen LogP contribution is 2.22. The van der Waals surface area contributed by atoms with Gasteiger partial charge in [-0.05, 0) is 37.8 Å². The average Bonchev–Trinajstić information content (AvgIpc) is 2.70. The summed E-state index contributed by atoms with van der Waals surface area (Å²) >= 11 is 1.36. The predicted octanol–water partition coefficient (Wildman–Crippen LogP) is 2.95. The molecular formula is C13H17NO2S. The van der Waals surface area contributed by atoms with Crippen LogP contribution in [0.25, 0.3) is 0 Å². The van der Waals surface area contributed by atoms with Gasteiger partial charge in [0.1, 0.15) is 4.88 Å². The number of carboxylic acids is 1. The molecule has 0 radical (unpaired) electrons. The molecule has 1 heterocycles. The second-order valence-electron chi connectivity index (χ2n) is 4.36. The number of aromatic carboxylic acids is 1. The van der Waals surface area contributed by atoms with Gasteiger partial charge in [0.2, 0.25) is 0 Å². The fourth-order valence-electron chi connectivity index (χ4n) is 2.03. The number of allylic oxidation sites excluding steroid dienone is 1.